The number of rotatable bonds is 3. The van der Waals surface area contributed by atoms with Gasteiger partial charge in [-0.15, -0.1) is 0 Å². The molecule has 1 N–H and O–H groups in total. The Morgan fingerprint density at radius 1 is 1.28 bits per heavy atom. The Balaban J connectivity index is 1.91. The van der Waals surface area contributed by atoms with Gasteiger partial charge in [-0.2, -0.15) is 0 Å². The van der Waals surface area contributed by atoms with E-state index in [1.807, 2.05) is 6.07 Å². The molecular weight excluding hydrogens is 227 g/mol. The lowest BCUT2D eigenvalue weighted by Crippen LogP contribution is -2.32. The van der Waals surface area contributed by atoms with Crippen LogP contribution in [0.4, 0.5) is 10.1 Å². The van der Waals surface area contributed by atoms with Crippen molar-refractivity contribution in [2.24, 2.45) is 0 Å². The molecule has 0 bridgehead atoms. The van der Waals surface area contributed by atoms with E-state index in [1.54, 1.807) is 12.1 Å². The van der Waals surface area contributed by atoms with Crippen molar-refractivity contribution in [2.45, 2.75) is 45.2 Å². The zero-order valence-electron chi connectivity index (χ0n) is 11.3. The molecule has 1 heterocycles. The molecule has 0 aromatic heterocycles. The standard InChI is InChI=1S/C15H23FN2/c1-12(2)18-9-4-7-14(8-10-18)17-15-6-3-5-13(16)11-15/h3,5-6,11-12,14,17H,4,7-10H2,1-2H3. The smallest absolute Gasteiger partial charge is 0.125 e. The van der Waals surface area contributed by atoms with Gasteiger partial charge in [-0.25, -0.2) is 4.39 Å². The summed E-state index contributed by atoms with van der Waals surface area (Å²) in [6.07, 6.45) is 3.51. The van der Waals surface area contributed by atoms with E-state index in [-0.39, 0.29) is 5.82 Å². The molecule has 100 valence electrons. The molecule has 1 aromatic carbocycles. The van der Waals surface area contributed by atoms with Gasteiger partial charge in [0.05, 0.1) is 0 Å². The van der Waals surface area contributed by atoms with E-state index in [0.29, 0.717) is 12.1 Å². The van der Waals surface area contributed by atoms with Gasteiger partial charge in [0.25, 0.3) is 0 Å². The third-order valence-corrected chi connectivity index (χ3v) is 3.69. The topological polar surface area (TPSA) is 15.3 Å². The van der Waals surface area contributed by atoms with Crippen LogP contribution < -0.4 is 5.32 Å². The minimum Gasteiger partial charge on any atom is -0.382 e. The lowest BCUT2D eigenvalue weighted by Gasteiger charge is -2.24. The lowest BCUT2D eigenvalue weighted by molar-refractivity contribution is 0.230. The van der Waals surface area contributed by atoms with Crippen LogP contribution in [-0.4, -0.2) is 30.1 Å². The Hall–Kier alpha value is -1.09. The van der Waals surface area contributed by atoms with E-state index < -0.39 is 0 Å². The molecule has 0 radical (unpaired) electrons. The maximum absolute atomic E-state index is 13.1. The maximum atomic E-state index is 13.1. The largest absolute Gasteiger partial charge is 0.382 e. The average molecular weight is 250 g/mol. The number of benzene rings is 1. The quantitative estimate of drug-likeness (QED) is 0.883. The molecule has 2 nitrogen and oxygen atoms in total. The number of likely N-dealkylation sites (tertiary alicyclic amines) is 1. The Bertz CT molecular complexity index is 379. The van der Waals surface area contributed by atoms with Crippen LogP contribution >= 0.6 is 0 Å². The SMILES string of the molecule is CC(C)N1CCCC(Nc2cccc(F)c2)CC1. The zero-order chi connectivity index (χ0) is 13.0. The van der Waals surface area contributed by atoms with Gasteiger partial charge in [-0.3, -0.25) is 0 Å². The summed E-state index contributed by atoms with van der Waals surface area (Å²) in [5, 5.41) is 3.45. The van der Waals surface area contributed by atoms with E-state index in [9.17, 15) is 4.39 Å². The summed E-state index contributed by atoms with van der Waals surface area (Å²) in [6.45, 7) is 6.81. The molecule has 2 rings (SSSR count). The second-order valence-electron chi connectivity index (χ2n) is 5.41. The van der Waals surface area contributed by atoms with Crippen LogP contribution in [0.5, 0.6) is 0 Å². The van der Waals surface area contributed by atoms with Crippen molar-refractivity contribution < 1.29 is 4.39 Å². The van der Waals surface area contributed by atoms with E-state index in [1.165, 1.54) is 25.5 Å². The molecule has 18 heavy (non-hydrogen) atoms. The molecule has 1 aromatic rings. The van der Waals surface area contributed by atoms with Crippen LogP contribution in [0.1, 0.15) is 33.1 Å². The first-order valence-corrected chi connectivity index (χ1v) is 6.91. The lowest BCUT2D eigenvalue weighted by atomic mass is 10.1. The zero-order valence-corrected chi connectivity index (χ0v) is 11.3. The van der Waals surface area contributed by atoms with Gasteiger partial charge in [-0.05, 0) is 57.9 Å². The van der Waals surface area contributed by atoms with Crippen LogP contribution in [0.2, 0.25) is 0 Å². The van der Waals surface area contributed by atoms with E-state index in [2.05, 4.69) is 24.1 Å². The predicted molar refractivity (Wildman–Crippen MR) is 74.4 cm³/mol. The van der Waals surface area contributed by atoms with Crippen LogP contribution in [0.15, 0.2) is 24.3 Å². The van der Waals surface area contributed by atoms with Crippen molar-refractivity contribution in [1.29, 1.82) is 0 Å². The normalized spacial score (nSPS) is 21.9. The first-order valence-electron chi connectivity index (χ1n) is 6.91. The number of anilines is 1. The fourth-order valence-electron chi connectivity index (χ4n) is 2.59. The highest BCUT2D eigenvalue weighted by atomic mass is 19.1. The van der Waals surface area contributed by atoms with Crippen molar-refractivity contribution >= 4 is 5.69 Å². The van der Waals surface area contributed by atoms with Gasteiger partial charge in [-0.1, -0.05) is 6.07 Å². The summed E-state index contributed by atoms with van der Waals surface area (Å²) in [6, 6.07) is 7.85. The van der Waals surface area contributed by atoms with Crippen LogP contribution in [0, 0.1) is 5.82 Å². The van der Waals surface area contributed by atoms with Crippen molar-refractivity contribution in [3.63, 3.8) is 0 Å². The van der Waals surface area contributed by atoms with Gasteiger partial charge in [0, 0.05) is 24.3 Å². The predicted octanol–water partition coefficient (Wildman–Crippen LogP) is 3.50. The highest BCUT2D eigenvalue weighted by Crippen LogP contribution is 2.18. The van der Waals surface area contributed by atoms with Gasteiger partial charge in [0.1, 0.15) is 5.82 Å². The molecule has 1 saturated heterocycles. The van der Waals surface area contributed by atoms with Crippen molar-refractivity contribution in [2.75, 3.05) is 18.4 Å². The molecule has 1 aliphatic rings. The number of halogens is 1. The number of nitrogens with one attached hydrogen (secondary N) is 1. The van der Waals surface area contributed by atoms with Gasteiger partial charge in [0.15, 0.2) is 0 Å². The molecule has 0 amide bonds. The third-order valence-electron chi connectivity index (χ3n) is 3.69. The summed E-state index contributed by atoms with van der Waals surface area (Å²) in [4.78, 5) is 2.52. The van der Waals surface area contributed by atoms with Crippen LogP contribution in [0.25, 0.3) is 0 Å². The van der Waals surface area contributed by atoms with Crippen molar-refractivity contribution in [3.8, 4) is 0 Å². The van der Waals surface area contributed by atoms with Gasteiger partial charge < -0.3 is 10.2 Å². The van der Waals surface area contributed by atoms with Crippen LogP contribution in [-0.2, 0) is 0 Å². The third kappa shape index (κ3) is 3.70. The van der Waals surface area contributed by atoms with E-state index in [0.717, 1.165) is 18.7 Å². The van der Waals surface area contributed by atoms with Gasteiger partial charge in [0.2, 0.25) is 0 Å². The minimum atomic E-state index is -0.169. The number of hydrogen-bond acceptors (Lipinski definition) is 2. The summed E-state index contributed by atoms with van der Waals surface area (Å²) in [5.41, 5.74) is 0.901. The Morgan fingerprint density at radius 2 is 2.11 bits per heavy atom. The highest BCUT2D eigenvalue weighted by Gasteiger charge is 2.18. The maximum Gasteiger partial charge on any atom is 0.125 e. The Morgan fingerprint density at radius 3 is 2.83 bits per heavy atom. The molecule has 1 aliphatic heterocycles. The molecule has 0 spiro atoms. The molecule has 3 heteroatoms. The second-order valence-corrected chi connectivity index (χ2v) is 5.41. The fraction of sp³-hybridized carbons (Fsp3) is 0.600. The van der Waals surface area contributed by atoms with Crippen molar-refractivity contribution in [3.05, 3.63) is 30.1 Å². The summed E-state index contributed by atoms with van der Waals surface area (Å²) < 4.78 is 13.1. The molecule has 1 atom stereocenters. The van der Waals surface area contributed by atoms with Crippen molar-refractivity contribution in [1.82, 2.24) is 4.90 Å². The second kappa shape index (κ2) is 6.19. The molecular formula is C15H23FN2. The first-order chi connectivity index (χ1) is 8.65. The first kappa shape index (κ1) is 13.3. The minimum absolute atomic E-state index is 0.169. The highest BCUT2D eigenvalue weighted by molar-refractivity contribution is 5.44. The number of hydrogen-bond donors (Lipinski definition) is 1. The van der Waals surface area contributed by atoms with E-state index in [4.69, 9.17) is 0 Å². The summed E-state index contributed by atoms with van der Waals surface area (Å²) >= 11 is 0. The van der Waals surface area contributed by atoms with Crippen LogP contribution in [0.3, 0.4) is 0 Å². The average Bonchev–Trinajstić information content (AvgIpc) is 2.55. The fourth-order valence-corrected chi connectivity index (χ4v) is 2.59. The summed E-state index contributed by atoms with van der Waals surface area (Å²) in [7, 11) is 0. The van der Waals surface area contributed by atoms with Gasteiger partial charge >= 0.3 is 0 Å². The number of nitrogens with zero attached hydrogens (tertiary/aromatic N) is 1. The molecule has 0 aliphatic carbocycles. The molecule has 1 fully saturated rings. The Labute approximate surface area is 109 Å². The Kier molecular flexibility index (Phi) is 4.59. The molecule has 1 unspecified atom stereocenters. The van der Waals surface area contributed by atoms with E-state index >= 15 is 0 Å². The monoisotopic (exact) mass is 250 g/mol. The molecule has 0 saturated carbocycles. The summed E-state index contributed by atoms with van der Waals surface area (Å²) in [5.74, 6) is -0.169.